The molecular weight excluding hydrogens is 321 g/mol. The Labute approximate surface area is 146 Å². The van der Waals surface area contributed by atoms with Crippen molar-refractivity contribution in [2.75, 3.05) is 12.3 Å². The summed E-state index contributed by atoms with van der Waals surface area (Å²) in [6.07, 6.45) is 0.717. The summed E-state index contributed by atoms with van der Waals surface area (Å²) in [6.45, 7) is 3.83. The molecule has 0 fully saturated rings. The molecule has 0 bridgehead atoms. The van der Waals surface area contributed by atoms with Crippen LogP contribution in [-0.2, 0) is 6.54 Å². The summed E-state index contributed by atoms with van der Waals surface area (Å²) >= 11 is 0. The molecule has 1 heterocycles. The first kappa shape index (κ1) is 18.3. The Morgan fingerprint density at radius 2 is 2.12 bits per heavy atom. The van der Waals surface area contributed by atoms with Crippen LogP contribution in [-0.4, -0.2) is 17.5 Å². The Kier molecular flexibility index (Phi) is 6.35. The number of rotatable bonds is 5. The number of nitrogen functional groups attached to an aromatic ring is 1. The van der Waals surface area contributed by atoms with Crippen molar-refractivity contribution in [2.24, 2.45) is 0 Å². The molecule has 1 amide bonds. The summed E-state index contributed by atoms with van der Waals surface area (Å²) < 4.78 is 19.7. The zero-order valence-electron chi connectivity index (χ0n) is 14.2. The first-order valence-corrected chi connectivity index (χ1v) is 7.90. The second-order valence-electron chi connectivity index (χ2n) is 5.29. The lowest BCUT2D eigenvalue weighted by atomic mass is 10.1. The molecule has 0 unspecified atom stereocenters. The van der Waals surface area contributed by atoms with Gasteiger partial charge in [0.05, 0.1) is 5.56 Å². The van der Waals surface area contributed by atoms with Crippen LogP contribution in [0.5, 0.6) is 5.75 Å². The summed E-state index contributed by atoms with van der Waals surface area (Å²) in [5.74, 6) is 4.95. The monoisotopic (exact) mass is 341 g/mol. The first-order chi connectivity index (χ1) is 12.0. The van der Waals surface area contributed by atoms with E-state index >= 15 is 0 Å². The quantitative estimate of drug-likeness (QED) is 0.820. The highest BCUT2D eigenvalue weighted by atomic mass is 19.1. The number of halogens is 1. The van der Waals surface area contributed by atoms with Crippen molar-refractivity contribution in [3.05, 3.63) is 53.0 Å². The van der Waals surface area contributed by atoms with Gasteiger partial charge in [-0.3, -0.25) is 4.79 Å². The van der Waals surface area contributed by atoms with Crippen molar-refractivity contribution in [3.8, 4) is 17.6 Å². The third kappa shape index (κ3) is 4.95. The molecule has 0 radical (unpaired) electrons. The molecule has 6 heteroatoms. The van der Waals surface area contributed by atoms with Crippen LogP contribution in [0.3, 0.4) is 0 Å². The van der Waals surface area contributed by atoms with E-state index in [0.717, 1.165) is 12.1 Å². The number of pyridine rings is 1. The molecule has 25 heavy (non-hydrogen) atoms. The smallest absolute Gasteiger partial charge is 0.255 e. The van der Waals surface area contributed by atoms with Crippen LogP contribution in [0.15, 0.2) is 30.3 Å². The van der Waals surface area contributed by atoms with Crippen LogP contribution in [0, 0.1) is 24.6 Å². The number of aromatic nitrogens is 1. The fraction of sp³-hybridized carbons (Fsp3) is 0.263. The van der Waals surface area contributed by atoms with Gasteiger partial charge in [0.2, 0.25) is 0 Å². The van der Waals surface area contributed by atoms with Crippen LogP contribution in [0.4, 0.5) is 10.2 Å². The summed E-state index contributed by atoms with van der Waals surface area (Å²) in [7, 11) is 0. The predicted molar refractivity (Wildman–Crippen MR) is 94.5 cm³/mol. The molecule has 0 aliphatic carbocycles. The highest BCUT2D eigenvalue weighted by Crippen LogP contribution is 2.20. The number of amides is 1. The van der Waals surface area contributed by atoms with Gasteiger partial charge in [-0.1, -0.05) is 25.0 Å². The number of nitrogens with zero attached hydrogens (tertiary/aromatic N) is 1. The minimum Gasteiger partial charge on any atom is -0.478 e. The van der Waals surface area contributed by atoms with Crippen molar-refractivity contribution in [1.82, 2.24) is 10.3 Å². The lowest BCUT2D eigenvalue weighted by Gasteiger charge is -2.10. The molecule has 0 saturated carbocycles. The summed E-state index contributed by atoms with van der Waals surface area (Å²) in [5, 5.41) is 2.64. The second kappa shape index (κ2) is 8.69. The Balaban J connectivity index is 2.04. The molecule has 2 aromatic rings. The SMILES string of the molecule is CCC#CCOc1cccc(CNC(=O)c2ccc(C)nc2N)c1F. The molecule has 0 spiro atoms. The summed E-state index contributed by atoms with van der Waals surface area (Å²) in [5.41, 5.74) is 7.04. The first-order valence-electron chi connectivity index (χ1n) is 7.90. The van der Waals surface area contributed by atoms with Crippen LogP contribution in [0.2, 0.25) is 0 Å². The Morgan fingerprint density at radius 3 is 2.84 bits per heavy atom. The molecule has 5 nitrogen and oxygen atoms in total. The van der Waals surface area contributed by atoms with Gasteiger partial charge in [-0.2, -0.15) is 0 Å². The van der Waals surface area contributed by atoms with E-state index in [2.05, 4.69) is 22.1 Å². The molecule has 1 aromatic heterocycles. The molecule has 130 valence electrons. The lowest BCUT2D eigenvalue weighted by molar-refractivity contribution is 0.0951. The summed E-state index contributed by atoms with van der Waals surface area (Å²) in [6, 6.07) is 8.05. The van der Waals surface area contributed by atoms with Crippen molar-refractivity contribution < 1.29 is 13.9 Å². The van der Waals surface area contributed by atoms with Gasteiger partial charge < -0.3 is 15.8 Å². The van der Waals surface area contributed by atoms with Gasteiger partial charge in [0, 0.05) is 24.2 Å². The third-order valence-corrected chi connectivity index (χ3v) is 3.39. The number of nitrogens with two attached hydrogens (primary N) is 1. The molecule has 0 aliphatic rings. The minimum atomic E-state index is -0.517. The molecule has 0 aliphatic heterocycles. The zero-order chi connectivity index (χ0) is 18.2. The van der Waals surface area contributed by atoms with Gasteiger partial charge in [-0.05, 0) is 25.1 Å². The van der Waals surface area contributed by atoms with E-state index in [9.17, 15) is 9.18 Å². The molecule has 1 aromatic carbocycles. The zero-order valence-corrected chi connectivity index (χ0v) is 14.2. The van der Waals surface area contributed by atoms with Gasteiger partial charge >= 0.3 is 0 Å². The van der Waals surface area contributed by atoms with Crippen molar-refractivity contribution >= 4 is 11.7 Å². The maximum Gasteiger partial charge on any atom is 0.255 e. The Bertz CT molecular complexity index is 825. The van der Waals surface area contributed by atoms with E-state index in [4.69, 9.17) is 10.5 Å². The fourth-order valence-electron chi connectivity index (χ4n) is 2.13. The minimum absolute atomic E-state index is 0.00974. The number of hydrogen-bond donors (Lipinski definition) is 2. The van der Waals surface area contributed by atoms with Gasteiger partial charge in [0.25, 0.3) is 5.91 Å². The molecule has 0 saturated heterocycles. The number of benzene rings is 1. The number of aryl methyl sites for hydroxylation is 1. The highest BCUT2D eigenvalue weighted by molar-refractivity contribution is 5.98. The predicted octanol–water partition coefficient (Wildman–Crippen LogP) is 2.83. The van der Waals surface area contributed by atoms with E-state index < -0.39 is 11.7 Å². The van der Waals surface area contributed by atoms with Gasteiger partial charge in [-0.25, -0.2) is 9.37 Å². The normalized spacial score (nSPS) is 9.88. The third-order valence-electron chi connectivity index (χ3n) is 3.39. The fourth-order valence-corrected chi connectivity index (χ4v) is 2.13. The molecule has 2 rings (SSSR count). The Morgan fingerprint density at radius 1 is 1.32 bits per heavy atom. The molecule has 0 atom stereocenters. The maximum atomic E-state index is 14.4. The van der Waals surface area contributed by atoms with Gasteiger partial charge in [0.1, 0.15) is 12.4 Å². The summed E-state index contributed by atoms with van der Waals surface area (Å²) in [4.78, 5) is 16.2. The average Bonchev–Trinajstić information content (AvgIpc) is 2.58. The van der Waals surface area contributed by atoms with Gasteiger partial charge in [-0.15, -0.1) is 5.92 Å². The number of carbonyl (C=O) groups excluding carboxylic acids is 1. The van der Waals surface area contributed by atoms with Crippen LogP contribution < -0.4 is 15.8 Å². The Hall–Kier alpha value is -3.07. The largest absolute Gasteiger partial charge is 0.478 e. The van der Waals surface area contributed by atoms with Crippen molar-refractivity contribution in [2.45, 2.75) is 26.8 Å². The highest BCUT2D eigenvalue weighted by Gasteiger charge is 2.13. The average molecular weight is 341 g/mol. The van der Waals surface area contributed by atoms with Crippen molar-refractivity contribution in [1.29, 1.82) is 0 Å². The van der Waals surface area contributed by atoms with E-state index in [1.54, 1.807) is 31.2 Å². The molecular formula is C19H20FN3O2. The van der Waals surface area contributed by atoms with E-state index in [1.807, 2.05) is 6.92 Å². The van der Waals surface area contributed by atoms with Crippen molar-refractivity contribution in [3.63, 3.8) is 0 Å². The van der Waals surface area contributed by atoms with E-state index in [1.165, 1.54) is 6.07 Å². The van der Waals surface area contributed by atoms with E-state index in [-0.39, 0.29) is 30.3 Å². The number of carbonyl (C=O) groups is 1. The number of hydrogen-bond acceptors (Lipinski definition) is 4. The number of ether oxygens (including phenoxy) is 1. The topological polar surface area (TPSA) is 77.2 Å². The molecule has 3 N–H and O–H groups in total. The number of anilines is 1. The number of nitrogens with one attached hydrogen (secondary N) is 1. The maximum absolute atomic E-state index is 14.4. The lowest BCUT2D eigenvalue weighted by Crippen LogP contribution is -2.24. The van der Waals surface area contributed by atoms with E-state index in [0.29, 0.717) is 5.56 Å². The van der Waals surface area contributed by atoms with Gasteiger partial charge in [0.15, 0.2) is 11.6 Å². The van der Waals surface area contributed by atoms with Crippen LogP contribution in [0.25, 0.3) is 0 Å². The standard InChI is InChI=1S/C19H20FN3O2/c1-3-4-5-11-25-16-8-6-7-14(17(16)20)12-22-19(24)15-10-9-13(2)23-18(15)21/h6-10H,3,11-12H2,1-2H3,(H2,21,23)(H,22,24). The second-order valence-corrected chi connectivity index (χ2v) is 5.29. The van der Waals surface area contributed by atoms with Crippen LogP contribution in [0.1, 0.15) is 35.0 Å². The van der Waals surface area contributed by atoms with Crippen LogP contribution >= 0.6 is 0 Å².